The zero-order valence-electron chi connectivity index (χ0n) is 13.2. The fourth-order valence-corrected chi connectivity index (χ4v) is 3.04. The standard InChI is InChI=1S/C19H16FN3S/c1-2-3-13-24-19-22-21-18(16-9-11-17(20)12-10-16)23(19)14-15-7-5-4-6-8-15/h4-12H,13-14H2,1H3. The maximum absolute atomic E-state index is 13.2. The molecule has 0 spiro atoms. The van der Waals surface area contributed by atoms with Crippen LogP contribution < -0.4 is 0 Å². The van der Waals surface area contributed by atoms with Crippen LogP contribution in [-0.2, 0) is 6.54 Å². The van der Waals surface area contributed by atoms with Gasteiger partial charge in [0.2, 0.25) is 0 Å². The Balaban J connectivity index is 1.97. The Labute approximate surface area is 144 Å². The van der Waals surface area contributed by atoms with E-state index in [1.54, 1.807) is 23.9 Å². The molecule has 5 heteroatoms. The van der Waals surface area contributed by atoms with Crippen molar-refractivity contribution < 1.29 is 4.39 Å². The highest BCUT2D eigenvalue weighted by atomic mass is 32.2. The van der Waals surface area contributed by atoms with Gasteiger partial charge in [0.1, 0.15) is 5.82 Å². The third kappa shape index (κ3) is 3.84. The molecule has 24 heavy (non-hydrogen) atoms. The molecule has 0 aliphatic carbocycles. The van der Waals surface area contributed by atoms with Crippen LogP contribution in [0.4, 0.5) is 4.39 Å². The fourth-order valence-electron chi connectivity index (χ4n) is 2.29. The molecule has 0 aliphatic rings. The van der Waals surface area contributed by atoms with E-state index in [2.05, 4.69) is 34.2 Å². The summed E-state index contributed by atoms with van der Waals surface area (Å²) in [5, 5.41) is 9.42. The Morgan fingerprint density at radius 3 is 2.50 bits per heavy atom. The number of rotatable bonds is 5. The van der Waals surface area contributed by atoms with Gasteiger partial charge < -0.3 is 0 Å². The lowest BCUT2D eigenvalue weighted by molar-refractivity contribution is 0.628. The van der Waals surface area contributed by atoms with Crippen LogP contribution in [0, 0.1) is 17.7 Å². The van der Waals surface area contributed by atoms with Crippen LogP contribution in [0.25, 0.3) is 11.4 Å². The van der Waals surface area contributed by atoms with Crippen molar-refractivity contribution in [1.29, 1.82) is 0 Å². The van der Waals surface area contributed by atoms with Gasteiger partial charge in [0.05, 0.1) is 12.3 Å². The molecule has 0 saturated heterocycles. The van der Waals surface area contributed by atoms with E-state index in [0.29, 0.717) is 12.3 Å². The van der Waals surface area contributed by atoms with Gasteiger partial charge in [-0.3, -0.25) is 4.57 Å². The zero-order valence-corrected chi connectivity index (χ0v) is 14.1. The monoisotopic (exact) mass is 337 g/mol. The maximum atomic E-state index is 13.2. The van der Waals surface area contributed by atoms with Crippen molar-refractivity contribution in [2.75, 3.05) is 5.75 Å². The van der Waals surface area contributed by atoms with Crippen LogP contribution in [0.15, 0.2) is 59.8 Å². The molecule has 1 heterocycles. The number of thioether (sulfide) groups is 1. The minimum atomic E-state index is -0.263. The highest BCUT2D eigenvalue weighted by molar-refractivity contribution is 7.99. The minimum Gasteiger partial charge on any atom is -0.298 e. The van der Waals surface area contributed by atoms with Crippen molar-refractivity contribution in [3.63, 3.8) is 0 Å². The third-order valence-electron chi connectivity index (χ3n) is 3.45. The van der Waals surface area contributed by atoms with E-state index in [0.717, 1.165) is 22.1 Å². The Morgan fingerprint density at radius 2 is 1.79 bits per heavy atom. The number of benzene rings is 2. The summed E-state index contributed by atoms with van der Waals surface area (Å²) in [4.78, 5) is 0. The summed E-state index contributed by atoms with van der Waals surface area (Å²) < 4.78 is 15.2. The van der Waals surface area contributed by atoms with Crippen molar-refractivity contribution in [3.05, 3.63) is 66.0 Å². The first-order valence-corrected chi connectivity index (χ1v) is 8.52. The van der Waals surface area contributed by atoms with Gasteiger partial charge in [0.25, 0.3) is 0 Å². The average Bonchev–Trinajstić information content (AvgIpc) is 2.99. The lowest BCUT2D eigenvalue weighted by Gasteiger charge is -2.10. The lowest BCUT2D eigenvalue weighted by atomic mass is 10.2. The van der Waals surface area contributed by atoms with Crippen molar-refractivity contribution in [1.82, 2.24) is 14.8 Å². The molecule has 0 radical (unpaired) electrons. The fraction of sp³-hybridized carbons (Fsp3) is 0.158. The highest BCUT2D eigenvalue weighted by Gasteiger charge is 2.14. The molecule has 0 bridgehead atoms. The number of halogens is 1. The van der Waals surface area contributed by atoms with Crippen LogP contribution in [0.5, 0.6) is 0 Å². The molecule has 3 rings (SSSR count). The van der Waals surface area contributed by atoms with E-state index in [9.17, 15) is 4.39 Å². The molecule has 0 amide bonds. The smallest absolute Gasteiger partial charge is 0.192 e. The Bertz CT molecular complexity index is 861. The predicted molar refractivity (Wildman–Crippen MR) is 95.1 cm³/mol. The summed E-state index contributed by atoms with van der Waals surface area (Å²) in [6.07, 6.45) is 0. The first kappa shape index (κ1) is 16.3. The highest BCUT2D eigenvalue weighted by Crippen LogP contribution is 2.25. The summed E-state index contributed by atoms with van der Waals surface area (Å²) in [6, 6.07) is 16.5. The molecule has 2 aromatic carbocycles. The maximum Gasteiger partial charge on any atom is 0.192 e. The van der Waals surface area contributed by atoms with Crippen molar-refractivity contribution in [3.8, 4) is 23.2 Å². The van der Waals surface area contributed by atoms with Crippen LogP contribution in [-0.4, -0.2) is 20.5 Å². The van der Waals surface area contributed by atoms with Crippen LogP contribution >= 0.6 is 11.8 Å². The normalized spacial score (nSPS) is 10.2. The number of hydrogen-bond donors (Lipinski definition) is 0. The quantitative estimate of drug-likeness (QED) is 0.515. The van der Waals surface area contributed by atoms with Gasteiger partial charge in [-0.1, -0.05) is 48.0 Å². The number of aromatic nitrogens is 3. The summed E-state index contributed by atoms with van der Waals surface area (Å²) in [6.45, 7) is 2.47. The summed E-state index contributed by atoms with van der Waals surface area (Å²) in [7, 11) is 0. The number of nitrogens with zero attached hydrogens (tertiary/aromatic N) is 3. The summed E-state index contributed by atoms with van der Waals surface area (Å²) >= 11 is 1.55. The van der Waals surface area contributed by atoms with Crippen LogP contribution in [0.3, 0.4) is 0 Å². The van der Waals surface area contributed by atoms with Gasteiger partial charge in [-0.2, -0.15) is 0 Å². The second-order valence-corrected chi connectivity index (χ2v) is 6.04. The topological polar surface area (TPSA) is 30.7 Å². The summed E-state index contributed by atoms with van der Waals surface area (Å²) in [5.74, 6) is 7.03. The van der Waals surface area contributed by atoms with Gasteiger partial charge in [-0.05, 0) is 36.8 Å². The molecule has 120 valence electrons. The molecular weight excluding hydrogens is 321 g/mol. The molecule has 3 nitrogen and oxygen atoms in total. The van der Waals surface area contributed by atoms with E-state index >= 15 is 0 Å². The molecule has 0 atom stereocenters. The van der Waals surface area contributed by atoms with Gasteiger partial charge >= 0.3 is 0 Å². The molecule has 0 fully saturated rings. The SMILES string of the molecule is CC#CCSc1nnc(-c2ccc(F)cc2)n1Cc1ccccc1. The number of hydrogen-bond acceptors (Lipinski definition) is 3. The lowest BCUT2D eigenvalue weighted by Crippen LogP contribution is -2.04. The molecule has 0 saturated carbocycles. The van der Waals surface area contributed by atoms with Crippen molar-refractivity contribution in [2.24, 2.45) is 0 Å². The first-order valence-electron chi connectivity index (χ1n) is 7.53. The van der Waals surface area contributed by atoms with Gasteiger partial charge in [0, 0.05) is 5.56 Å². The molecule has 0 N–H and O–H groups in total. The Morgan fingerprint density at radius 1 is 1.04 bits per heavy atom. The van der Waals surface area contributed by atoms with E-state index < -0.39 is 0 Å². The predicted octanol–water partition coefficient (Wildman–Crippen LogP) is 4.25. The van der Waals surface area contributed by atoms with E-state index in [-0.39, 0.29) is 5.82 Å². The van der Waals surface area contributed by atoms with Crippen LogP contribution in [0.1, 0.15) is 12.5 Å². The van der Waals surface area contributed by atoms with Crippen LogP contribution in [0.2, 0.25) is 0 Å². The summed E-state index contributed by atoms with van der Waals surface area (Å²) in [5.41, 5.74) is 2.00. The molecule has 0 unspecified atom stereocenters. The molecule has 1 aromatic heterocycles. The Hall–Kier alpha value is -2.58. The molecular formula is C19H16FN3S. The van der Waals surface area contributed by atoms with Gasteiger partial charge in [-0.15, -0.1) is 16.1 Å². The minimum absolute atomic E-state index is 0.263. The van der Waals surface area contributed by atoms with E-state index in [1.807, 2.05) is 29.7 Å². The Kier molecular flexibility index (Phi) is 5.29. The van der Waals surface area contributed by atoms with Crippen molar-refractivity contribution >= 4 is 11.8 Å². The van der Waals surface area contributed by atoms with E-state index in [1.165, 1.54) is 12.1 Å². The van der Waals surface area contributed by atoms with Gasteiger partial charge in [-0.25, -0.2) is 4.39 Å². The molecule has 3 aromatic rings. The largest absolute Gasteiger partial charge is 0.298 e. The zero-order chi connectivity index (χ0) is 16.8. The van der Waals surface area contributed by atoms with Crippen molar-refractivity contribution in [2.45, 2.75) is 18.6 Å². The molecule has 0 aliphatic heterocycles. The van der Waals surface area contributed by atoms with E-state index in [4.69, 9.17) is 0 Å². The average molecular weight is 337 g/mol. The second kappa shape index (κ2) is 7.80. The third-order valence-corrected chi connectivity index (χ3v) is 4.30. The second-order valence-electron chi connectivity index (χ2n) is 5.10. The van der Waals surface area contributed by atoms with Gasteiger partial charge in [0.15, 0.2) is 11.0 Å². The first-order chi connectivity index (χ1) is 11.8.